The molecule has 0 unspecified atom stereocenters. The zero-order valence-electron chi connectivity index (χ0n) is 14.7. The topological polar surface area (TPSA) is 115 Å². The van der Waals surface area contributed by atoms with Crippen molar-refractivity contribution in [1.29, 1.82) is 0 Å². The number of nitro groups is 1. The highest BCUT2D eigenvalue weighted by Crippen LogP contribution is 2.37. The van der Waals surface area contributed by atoms with Gasteiger partial charge in [0.2, 0.25) is 5.91 Å². The van der Waals surface area contributed by atoms with Crippen molar-refractivity contribution in [2.24, 2.45) is 0 Å². The average Bonchev–Trinajstić information content (AvgIpc) is 2.61. The number of carbonyl (C=O) groups excluding carboxylic acids is 2. The smallest absolute Gasteiger partial charge is 0.366 e. The van der Waals surface area contributed by atoms with Gasteiger partial charge in [-0.1, -0.05) is 11.6 Å². The van der Waals surface area contributed by atoms with E-state index in [9.17, 15) is 24.1 Å². The largest absolute Gasteiger partial charge is 0.472 e. The second kappa shape index (κ2) is 7.04. The maximum absolute atomic E-state index is 13.2. The molecule has 11 heteroatoms. The van der Waals surface area contributed by atoms with E-state index in [2.05, 4.69) is 10.3 Å². The lowest BCUT2D eigenvalue weighted by Gasteiger charge is -2.35. The van der Waals surface area contributed by atoms with Gasteiger partial charge >= 0.3 is 5.82 Å². The van der Waals surface area contributed by atoms with Crippen LogP contribution in [-0.2, 0) is 9.59 Å². The van der Waals surface area contributed by atoms with Gasteiger partial charge in [-0.25, -0.2) is 4.39 Å². The minimum Gasteiger partial charge on any atom is -0.472 e. The van der Waals surface area contributed by atoms with Gasteiger partial charge in [-0.15, -0.1) is 0 Å². The van der Waals surface area contributed by atoms with Crippen LogP contribution in [0.3, 0.4) is 0 Å². The zero-order chi connectivity index (χ0) is 20.6. The number of amides is 2. The first-order chi connectivity index (χ1) is 13.1. The van der Waals surface area contributed by atoms with Crippen LogP contribution in [0.2, 0.25) is 5.02 Å². The monoisotopic (exact) mass is 408 g/mol. The highest BCUT2D eigenvalue weighted by molar-refractivity contribution is 6.31. The molecule has 2 heterocycles. The lowest BCUT2D eigenvalue weighted by Crippen LogP contribution is -2.54. The Morgan fingerprint density at radius 3 is 2.75 bits per heavy atom. The van der Waals surface area contributed by atoms with E-state index in [1.807, 2.05) is 0 Å². The summed E-state index contributed by atoms with van der Waals surface area (Å²) in [5, 5.41) is 13.3. The predicted molar refractivity (Wildman–Crippen MR) is 98.0 cm³/mol. The van der Waals surface area contributed by atoms with E-state index in [1.54, 1.807) is 0 Å². The number of nitrogens with one attached hydrogen (secondary N) is 1. The van der Waals surface area contributed by atoms with Crippen LogP contribution in [0, 0.1) is 15.9 Å². The zero-order valence-corrected chi connectivity index (χ0v) is 15.5. The maximum Gasteiger partial charge on any atom is 0.366 e. The van der Waals surface area contributed by atoms with Crippen LogP contribution in [0.5, 0.6) is 5.75 Å². The first kappa shape index (κ1) is 19.5. The fourth-order valence-electron chi connectivity index (χ4n) is 2.60. The fraction of sp³-hybridized carbons (Fsp3) is 0.235. The Morgan fingerprint density at radius 1 is 1.39 bits per heavy atom. The van der Waals surface area contributed by atoms with Gasteiger partial charge in [0.15, 0.2) is 11.4 Å². The molecule has 2 aromatic rings. The summed E-state index contributed by atoms with van der Waals surface area (Å²) >= 11 is 5.68. The number of hydrogen-bond donors (Lipinski definition) is 1. The molecule has 0 spiro atoms. The summed E-state index contributed by atoms with van der Waals surface area (Å²) < 4.78 is 18.8. The number of fused-ring (bicyclic) bond motifs is 1. The number of ether oxygens (including phenoxy) is 1. The van der Waals surface area contributed by atoms with Gasteiger partial charge in [0.25, 0.3) is 11.7 Å². The molecule has 28 heavy (non-hydrogen) atoms. The number of anilines is 2. The Morgan fingerprint density at radius 2 is 2.11 bits per heavy atom. The summed E-state index contributed by atoms with van der Waals surface area (Å²) in [6.07, 6.45) is 0. The van der Waals surface area contributed by atoms with Crippen molar-refractivity contribution >= 4 is 40.7 Å². The molecule has 0 aliphatic carbocycles. The lowest BCUT2D eigenvalue weighted by atomic mass is 10.1. The van der Waals surface area contributed by atoms with E-state index in [0.29, 0.717) is 0 Å². The Labute approximate surface area is 163 Å². The molecule has 0 radical (unpaired) electrons. The van der Waals surface area contributed by atoms with Gasteiger partial charge in [0.1, 0.15) is 12.4 Å². The Bertz CT molecular complexity index is 998. The van der Waals surface area contributed by atoms with Crippen molar-refractivity contribution in [3.8, 4) is 5.75 Å². The van der Waals surface area contributed by atoms with E-state index in [1.165, 1.54) is 32.0 Å². The molecule has 0 saturated carbocycles. The van der Waals surface area contributed by atoms with Gasteiger partial charge in [-0.3, -0.25) is 14.5 Å². The first-order valence-electron chi connectivity index (χ1n) is 8.00. The molecule has 3 rings (SSSR count). The SMILES string of the molecule is CC1(C)Oc2ccc([N+](=O)[O-])nc2N(CC(=O)Nc2ccc(F)c(Cl)c2)C1=O. The van der Waals surface area contributed by atoms with Crippen molar-refractivity contribution in [1.82, 2.24) is 4.98 Å². The maximum atomic E-state index is 13.2. The van der Waals surface area contributed by atoms with E-state index >= 15 is 0 Å². The third-order valence-electron chi connectivity index (χ3n) is 3.90. The molecule has 146 valence electrons. The van der Waals surface area contributed by atoms with Crippen LogP contribution in [0.1, 0.15) is 13.8 Å². The van der Waals surface area contributed by atoms with Crippen molar-refractivity contribution in [2.75, 3.05) is 16.8 Å². The second-order valence-corrected chi connectivity index (χ2v) is 6.84. The van der Waals surface area contributed by atoms with Crippen LogP contribution in [-0.4, -0.2) is 33.9 Å². The fourth-order valence-corrected chi connectivity index (χ4v) is 2.79. The number of aromatic nitrogens is 1. The van der Waals surface area contributed by atoms with E-state index in [0.717, 1.165) is 17.0 Å². The van der Waals surface area contributed by atoms with Crippen molar-refractivity contribution in [3.05, 3.63) is 51.3 Å². The van der Waals surface area contributed by atoms with E-state index < -0.39 is 40.5 Å². The number of pyridine rings is 1. The van der Waals surface area contributed by atoms with Gasteiger partial charge in [-0.05, 0) is 48.0 Å². The van der Waals surface area contributed by atoms with Crippen LogP contribution in [0.25, 0.3) is 0 Å². The molecule has 0 bridgehead atoms. The normalized spacial score (nSPS) is 14.9. The summed E-state index contributed by atoms with van der Waals surface area (Å²) in [6, 6.07) is 6.07. The molecule has 9 nitrogen and oxygen atoms in total. The minimum atomic E-state index is -1.30. The number of rotatable bonds is 4. The molecule has 0 saturated heterocycles. The Balaban J connectivity index is 1.90. The van der Waals surface area contributed by atoms with Crippen LogP contribution < -0.4 is 15.0 Å². The lowest BCUT2D eigenvalue weighted by molar-refractivity contribution is -0.389. The highest BCUT2D eigenvalue weighted by atomic mass is 35.5. The van der Waals surface area contributed by atoms with Gasteiger partial charge in [0.05, 0.1) is 5.02 Å². The Hall–Kier alpha value is -3.27. The van der Waals surface area contributed by atoms with E-state index in [-0.39, 0.29) is 22.3 Å². The summed E-state index contributed by atoms with van der Waals surface area (Å²) in [6.45, 7) is 2.52. The molecule has 0 atom stereocenters. The van der Waals surface area contributed by atoms with E-state index in [4.69, 9.17) is 16.3 Å². The Kier molecular flexibility index (Phi) is 4.90. The van der Waals surface area contributed by atoms with Crippen molar-refractivity contribution in [3.63, 3.8) is 0 Å². The number of halogens is 2. The average molecular weight is 409 g/mol. The summed E-state index contributed by atoms with van der Waals surface area (Å²) in [5.41, 5.74) is -1.08. The summed E-state index contributed by atoms with van der Waals surface area (Å²) in [5.74, 6) is -2.37. The number of nitrogens with zero attached hydrogens (tertiary/aromatic N) is 3. The summed E-state index contributed by atoms with van der Waals surface area (Å²) in [7, 11) is 0. The molecule has 0 fully saturated rings. The molecule has 2 amide bonds. The van der Waals surface area contributed by atoms with Crippen LogP contribution >= 0.6 is 11.6 Å². The molecule has 1 aromatic carbocycles. The molecule has 1 N–H and O–H groups in total. The first-order valence-corrected chi connectivity index (χ1v) is 8.37. The van der Waals surface area contributed by atoms with Crippen molar-refractivity contribution < 1.29 is 23.6 Å². The van der Waals surface area contributed by atoms with Gasteiger partial charge in [0, 0.05) is 11.8 Å². The molecule has 1 aliphatic rings. The predicted octanol–water partition coefficient (Wildman–Crippen LogP) is 2.93. The van der Waals surface area contributed by atoms with Gasteiger partial charge in [-0.2, -0.15) is 0 Å². The number of carbonyl (C=O) groups is 2. The second-order valence-electron chi connectivity index (χ2n) is 6.43. The molecule has 1 aromatic heterocycles. The summed E-state index contributed by atoms with van der Waals surface area (Å²) in [4.78, 5) is 40.3. The van der Waals surface area contributed by atoms with Crippen molar-refractivity contribution in [2.45, 2.75) is 19.4 Å². The third-order valence-corrected chi connectivity index (χ3v) is 4.19. The molecular weight excluding hydrogens is 395 g/mol. The van der Waals surface area contributed by atoms with Gasteiger partial charge < -0.3 is 20.2 Å². The molecule has 1 aliphatic heterocycles. The quantitative estimate of drug-likeness (QED) is 0.614. The van der Waals surface area contributed by atoms with Crippen LogP contribution in [0.15, 0.2) is 30.3 Å². The molecular formula is C17H14ClFN4O5. The van der Waals surface area contributed by atoms with Crippen LogP contribution in [0.4, 0.5) is 21.7 Å². The third kappa shape index (κ3) is 3.72. The standard InChI is InChI=1S/C17H14ClFN4O5/c1-17(2)16(25)22(15-12(28-17)5-6-13(21-15)23(26)27)8-14(24)20-9-3-4-11(19)10(18)7-9/h3-7H,8H2,1-2H3,(H,20,24). The highest BCUT2D eigenvalue weighted by Gasteiger charge is 2.45. The minimum absolute atomic E-state index is 0.132. The number of hydrogen-bond acceptors (Lipinski definition) is 6. The number of benzene rings is 1.